The van der Waals surface area contributed by atoms with E-state index in [4.69, 9.17) is 18.9 Å². The van der Waals surface area contributed by atoms with Crippen molar-refractivity contribution in [1.29, 1.82) is 0 Å². The van der Waals surface area contributed by atoms with Crippen molar-refractivity contribution in [3.8, 4) is 23.0 Å². The molecule has 0 saturated heterocycles. The molecule has 0 amide bonds. The molecule has 0 saturated carbocycles. The lowest BCUT2D eigenvalue weighted by Crippen LogP contribution is -2.38. The minimum atomic E-state index is -1.50. The first-order valence-corrected chi connectivity index (χ1v) is 27.7. The van der Waals surface area contributed by atoms with Crippen molar-refractivity contribution >= 4 is 16.7 Å². The van der Waals surface area contributed by atoms with Crippen molar-refractivity contribution in [2.75, 3.05) is 7.11 Å². The number of phenolic OH excluding ortho intramolecular Hbond substituents is 1. The van der Waals surface area contributed by atoms with Crippen LogP contribution in [0.15, 0.2) is 152 Å². The van der Waals surface area contributed by atoms with Gasteiger partial charge in [0.05, 0.1) is 0 Å². The number of aromatic hydroxyl groups is 1. The molecular formula is C72H80O6. The summed E-state index contributed by atoms with van der Waals surface area (Å²) in [6.07, 6.45) is 1.53. The number of methoxy groups -OCH3 is 1. The van der Waals surface area contributed by atoms with E-state index in [-0.39, 0.29) is 33.8 Å². The quantitative estimate of drug-likeness (QED) is 0.109. The Labute approximate surface area is 464 Å². The molecule has 8 bridgehead atoms. The molecule has 1 N–H and O–H groups in total. The normalized spacial score (nSPS) is 13.9. The van der Waals surface area contributed by atoms with Crippen LogP contribution in [0.2, 0.25) is 0 Å². The Bertz CT molecular complexity index is 3480. The fourth-order valence-corrected chi connectivity index (χ4v) is 10.7. The first-order valence-electron chi connectivity index (χ1n) is 27.7. The number of carbonyl (C=O) groups excluding carboxylic acids is 1. The summed E-state index contributed by atoms with van der Waals surface area (Å²) in [4.78, 5) is 15.5. The van der Waals surface area contributed by atoms with Crippen LogP contribution in [0.4, 0.5) is 0 Å². The highest BCUT2D eigenvalue weighted by Crippen LogP contribution is 2.45. The molecule has 404 valence electrons. The minimum Gasteiger partial charge on any atom is -0.507 e. The molecule has 0 unspecified atom stereocenters. The number of ether oxygens (including phenoxy) is 4. The molecule has 6 heteroatoms. The zero-order valence-corrected chi connectivity index (χ0v) is 48.7. The summed E-state index contributed by atoms with van der Waals surface area (Å²) in [7, 11) is 1.57. The number of rotatable bonds is 10. The van der Waals surface area contributed by atoms with E-state index in [2.05, 4.69) is 156 Å². The van der Waals surface area contributed by atoms with E-state index in [0.29, 0.717) is 43.8 Å². The molecule has 1 atom stereocenters. The van der Waals surface area contributed by atoms with Crippen LogP contribution in [-0.2, 0) is 75.7 Å². The van der Waals surface area contributed by atoms with E-state index in [1.807, 2.05) is 78.9 Å². The van der Waals surface area contributed by atoms with Crippen molar-refractivity contribution < 1.29 is 28.8 Å². The zero-order valence-electron chi connectivity index (χ0n) is 48.7. The lowest BCUT2D eigenvalue weighted by Gasteiger charge is -2.30. The van der Waals surface area contributed by atoms with E-state index >= 15 is 4.79 Å². The number of hydrogen-bond donors (Lipinski definition) is 1. The maximum atomic E-state index is 15.5. The molecule has 6 nitrogen and oxygen atoms in total. The first kappa shape index (κ1) is 55.6. The van der Waals surface area contributed by atoms with E-state index in [1.54, 1.807) is 14.0 Å². The predicted octanol–water partition coefficient (Wildman–Crippen LogP) is 17.0. The Hall–Kier alpha value is -7.15. The number of carbonyl (C=O) groups is 1. The van der Waals surface area contributed by atoms with Gasteiger partial charge in [-0.1, -0.05) is 235 Å². The van der Waals surface area contributed by atoms with Crippen LogP contribution in [0.1, 0.15) is 173 Å². The van der Waals surface area contributed by atoms with E-state index in [0.717, 1.165) is 94.6 Å². The number of hydrogen-bond acceptors (Lipinski definition) is 6. The van der Waals surface area contributed by atoms with Crippen LogP contribution in [0.3, 0.4) is 0 Å². The van der Waals surface area contributed by atoms with Gasteiger partial charge in [0.15, 0.2) is 5.60 Å². The highest BCUT2D eigenvalue weighted by Gasteiger charge is 2.40. The summed E-state index contributed by atoms with van der Waals surface area (Å²) in [5.41, 5.74) is 11.9. The van der Waals surface area contributed by atoms with Gasteiger partial charge in [-0.3, -0.25) is 0 Å². The average molecular weight is 1040 g/mol. The van der Waals surface area contributed by atoms with E-state index in [9.17, 15) is 5.11 Å². The van der Waals surface area contributed by atoms with Gasteiger partial charge in [-0.05, 0) is 106 Å². The lowest BCUT2D eigenvalue weighted by molar-refractivity contribution is -0.158. The Morgan fingerprint density at radius 1 is 0.423 bits per heavy atom. The molecule has 0 fully saturated rings. The van der Waals surface area contributed by atoms with Gasteiger partial charge in [0.1, 0.15) is 36.2 Å². The van der Waals surface area contributed by atoms with Gasteiger partial charge in [0, 0.05) is 49.5 Å². The molecule has 0 aliphatic heterocycles. The van der Waals surface area contributed by atoms with Crippen LogP contribution in [-0.4, -0.2) is 18.2 Å². The fraction of sp³-hybridized carbons (Fsp3) is 0.347. The highest BCUT2D eigenvalue weighted by molar-refractivity contribution is 5.93. The summed E-state index contributed by atoms with van der Waals surface area (Å²) in [5, 5.41) is 14.9. The van der Waals surface area contributed by atoms with E-state index < -0.39 is 11.6 Å². The van der Waals surface area contributed by atoms with Gasteiger partial charge in [-0.2, -0.15) is 0 Å². The van der Waals surface area contributed by atoms with Gasteiger partial charge in [0.2, 0.25) is 0 Å². The standard InChI is InChI=1S/C72H80O6/c1-68(2,3)57-36-49-32-51-38-58(69(4,5)6)39-52(64(51)76-44-46-24-17-15-18-25-46)34-53-40-59(70(7,8)9)41-54(65(53)77-45-47-26-19-16-20-27-47)35-56-43-60(71(10,11)12)42-55(33-50(37-57)63(49)73)66(56)78-67(74)72(13,75-14)62-31-23-29-48-28-21-22-30-61(48)62/h15-31,36-43,73H,32-35,44-45H2,1-14H3/t72-/m0/s1. The van der Waals surface area contributed by atoms with Gasteiger partial charge in [-0.15, -0.1) is 0 Å². The summed E-state index contributed by atoms with van der Waals surface area (Å²) >= 11 is 0. The molecule has 8 aromatic carbocycles. The van der Waals surface area contributed by atoms with Gasteiger partial charge in [-0.25, -0.2) is 4.79 Å². The summed E-state index contributed by atoms with van der Waals surface area (Å²) in [6.45, 7) is 29.4. The third-order valence-corrected chi connectivity index (χ3v) is 15.7. The van der Waals surface area contributed by atoms with Crippen molar-refractivity contribution in [3.05, 3.63) is 235 Å². The molecular weight excluding hydrogens is 961 g/mol. The fourth-order valence-electron chi connectivity index (χ4n) is 10.7. The summed E-state index contributed by atoms with van der Waals surface area (Å²) < 4.78 is 27.8. The molecule has 1 aliphatic carbocycles. The first-order chi connectivity index (χ1) is 36.8. The largest absolute Gasteiger partial charge is 0.507 e. The SMILES string of the molecule is CO[C@](C)(C(=O)Oc1c2cc(C(C)(C)C)cc1Cc1cc(C(C)(C)C)cc(c1OCc1ccccc1)Cc1cc(C(C)(C)C)cc(c1OCc1ccccc1)Cc1cc(C(C)(C)C)cc(c1O)C2)c1cccc2ccccc12. The molecule has 0 heterocycles. The van der Waals surface area contributed by atoms with Gasteiger partial charge >= 0.3 is 5.97 Å². The Morgan fingerprint density at radius 3 is 1.14 bits per heavy atom. The van der Waals surface area contributed by atoms with Crippen LogP contribution in [0, 0.1) is 0 Å². The summed E-state index contributed by atoms with van der Waals surface area (Å²) in [6, 6.07) is 52.6. The Kier molecular flexibility index (Phi) is 15.4. The Balaban J connectivity index is 1.37. The number of phenols is 1. The van der Waals surface area contributed by atoms with Crippen molar-refractivity contribution in [2.24, 2.45) is 0 Å². The zero-order chi connectivity index (χ0) is 56.0. The molecule has 0 spiro atoms. The van der Waals surface area contributed by atoms with Crippen LogP contribution >= 0.6 is 0 Å². The second-order valence-electron chi connectivity index (χ2n) is 25.9. The lowest BCUT2D eigenvalue weighted by atomic mass is 9.79. The third kappa shape index (κ3) is 12.0. The van der Waals surface area contributed by atoms with Gasteiger partial charge < -0.3 is 24.1 Å². The molecule has 0 aromatic heterocycles. The summed E-state index contributed by atoms with van der Waals surface area (Å²) in [5.74, 6) is 1.70. The maximum absolute atomic E-state index is 15.5. The molecule has 0 radical (unpaired) electrons. The minimum absolute atomic E-state index is 0.209. The second-order valence-corrected chi connectivity index (χ2v) is 25.9. The van der Waals surface area contributed by atoms with E-state index in [1.165, 1.54) is 5.56 Å². The topological polar surface area (TPSA) is 74.2 Å². The molecule has 8 aromatic rings. The number of fused-ring (bicyclic) bond motifs is 9. The Morgan fingerprint density at radius 2 is 0.756 bits per heavy atom. The maximum Gasteiger partial charge on any atom is 0.348 e. The third-order valence-electron chi connectivity index (χ3n) is 15.7. The van der Waals surface area contributed by atoms with Crippen LogP contribution < -0.4 is 14.2 Å². The second kappa shape index (κ2) is 21.6. The molecule has 78 heavy (non-hydrogen) atoms. The molecule has 9 rings (SSSR count). The number of esters is 1. The van der Waals surface area contributed by atoms with Crippen molar-refractivity contribution in [1.82, 2.24) is 0 Å². The van der Waals surface area contributed by atoms with Crippen LogP contribution in [0.25, 0.3) is 10.8 Å². The van der Waals surface area contributed by atoms with Crippen LogP contribution in [0.5, 0.6) is 23.0 Å². The highest BCUT2D eigenvalue weighted by atomic mass is 16.6. The number of benzene rings is 8. The monoisotopic (exact) mass is 1040 g/mol. The molecule has 1 aliphatic rings. The smallest absolute Gasteiger partial charge is 0.348 e. The van der Waals surface area contributed by atoms with Crippen molar-refractivity contribution in [2.45, 2.75) is 156 Å². The van der Waals surface area contributed by atoms with Crippen molar-refractivity contribution in [3.63, 3.8) is 0 Å². The predicted molar refractivity (Wildman–Crippen MR) is 319 cm³/mol. The van der Waals surface area contributed by atoms with Gasteiger partial charge in [0.25, 0.3) is 0 Å². The average Bonchev–Trinajstić information content (AvgIpc) is 3.41.